The van der Waals surface area contributed by atoms with Crippen LogP contribution in [-0.4, -0.2) is 25.6 Å². The predicted molar refractivity (Wildman–Crippen MR) is 87.4 cm³/mol. The second-order valence-corrected chi connectivity index (χ2v) is 7.13. The number of alkyl halides is 3. The molecule has 0 heterocycles. The lowest BCUT2D eigenvalue weighted by atomic mass is 10.2. The summed E-state index contributed by atoms with van der Waals surface area (Å²) in [5, 5.41) is 8.78. The summed E-state index contributed by atoms with van der Waals surface area (Å²) >= 11 is 0. The molecule has 2 aromatic rings. The highest BCUT2D eigenvalue weighted by molar-refractivity contribution is 7.89. The molecular weight excluding hydrogens is 369 g/mol. The van der Waals surface area contributed by atoms with E-state index in [1.54, 1.807) is 30.3 Å². The lowest BCUT2D eigenvalue weighted by Gasteiger charge is -2.23. The zero-order valence-electron chi connectivity index (χ0n) is 13.5. The molecule has 2 rings (SSSR count). The van der Waals surface area contributed by atoms with Gasteiger partial charge in [0, 0.05) is 19.5 Å². The topological polar surface area (TPSA) is 70.4 Å². The van der Waals surface area contributed by atoms with Crippen molar-refractivity contribution < 1.29 is 26.3 Å². The van der Waals surface area contributed by atoms with Crippen LogP contribution in [0.25, 0.3) is 0 Å². The van der Waals surface area contributed by atoms with Crippen molar-refractivity contribution >= 4 is 10.0 Å². The van der Waals surface area contributed by atoms with Gasteiger partial charge in [0.2, 0.25) is 10.0 Å². The van der Waals surface area contributed by atoms with Crippen molar-refractivity contribution in [2.75, 3.05) is 6.54 Å². The number of rotatable bonds is 7. The Morgan fingerprint density at radius 2 is 1.65 bits per heavy atom. The van der Waals surface area contributed by atoms with Crippen LogP contribution in [0.3, 0.4) is 0 Å². The number of nitriles is 1. The quantitative estimate of drug-likeness (QED) is 0.730. The van der Waals surface area contributed by atoms with Gasteiger partial charge in [-0.1, -0.05) is 42.5 Å². The number of sulfonamides is 1. The van der Waals surface area contributed by atoms with Crippen molar-refractivity contribution in [1.29, 1.82) is 5.26 Å². The molecule has 0 fully saturated rings. The van der Waals surface area contributed by atoms with E-state index >= 15 is 0 Å². The van der Waals surface area contributed by atoms with E-state index < -0.39 is 27.0 Å². The number of para-hydroxylation sites is 1. The van der Waals surface area contributed by atoms with Gasteiger partial charge >= 0.3 is 6.36 Å². The molecule has 0 aliphatic carbocycles. The maximum Gasteiger partial charge on any atom is 0.573 e. The zero-order chi connectivity index (χ0) is 19.2. The van der Waals surface area contributed by atoms with Crippen molar-refractivity contribution in [3.05, 3.63) is 60.2 Å². The number of hydrogen-bond donors (Lipinski definition) is 0. The van der Waals surface area contributed by atoms with E-state index in [0.717, 1.165) is 16.4 Å². The third-order valence-corrected chi connectivity index (χ3v) is 5.25. The van der Waals surface area contributed by atoms with Crippen LogP contribution in [0.1, 0.15) is 12.0 Å². The second-order valence-electron chi connectivity index (χ2n) is 5.23. The maximum atomic E-state index is 12.9. The normalized spacial score (nSPS) is 12.0. The van der Waals surface area contributed by atoms with E-state index in [4.69, 9.17) is 5.26 Å². The number of nitrogens with zero attached hydrogens (tertiary/aromatic N) is 2. The van der Waals surface area contributed by atoms with Gasteiger partial charge in [0.1, 0.15) is 10.6 Å². The van der Waals surface area contributed by atoms with Gasteiger partial charge in [-0.15, -0.1) is 13.2 Å². The Morgan fingerprint density at radius 3 is 2.27 bits per heavy atom. The molecule has 138 valence electrons. The number of hydrogen-bond acceptors (Lipinski definition) is 4. The first-order chi connectivity index (χ1) is 12.2. The van der Waals surface area contributed by atoms with Gasteiger partial charge in [-0.3, -0.25) is 0 Å². The van der Waals surface area contributed by atoms with Crippen LogP contribution in [-0.2, 0) is 16.6 Å². The average molecular weight is 384 g/mol. The Balaban J connectivity index is 2.42. The molecule has 0 aliphatic rings. The molecule has 0 saturated carbocycles. The molecule has 0 N–H and O–H groups in total. The summed E-state index contributed by atoms with van der Waals surface area (Å²) in [6.07, 6.45) is -5.13. The van der Waals surface area contributed by atoms with Gasteiger partial charge in [-0.25, -0.2) is 8.42 Å². The van der Waals surface area contributed by atoms with Crippen molar-refractivity contribution in [2.24, 2.45) is 0 Å². The molecule has 0 aromatic heterocycles. The first-order valence-corrected chi connectivity index (χ1v) is 8.94. The molecule has 9 heteroatoms. The third-order valence-electron chi connectivity index (χ3n) is 3.37. The molecular formula is C17H15F3N2O3S. The van der Waals surface area contributed by atoms with Crippen molar-refractivity contribution in [3.63, 3.8) is 0 Å². The molecule has 0 radical (unpaired) electrons. The molecule has 0 saturated heterocycles. The molecule has 0 spiro atoms. The van der Waals surface area contributed by atoms with Gasteiger partial charge in [0.15, 0.2) is 0 Å². The van der Waals surface area contributed by atoms with E-state index in [0.29, 0.717) is 5.56 Å². The van der Waals surface area contributed by atoms with Crippen molar-refractivity contribution in [2.45, 2.75) is 24.2 Å². The first kappa shape index (κ1) is 19.8. The van der Waals surface area contributed by atoms with Gasteiger partial charge in [0.05, 0.1) is 6.07 Å². The van der Waals surface area contributed by atoms with Crippen LogP contribution < -0.4 is 4.74 Å². The van der Waals surface area contributed by atoms with Gasteiger partial charge in [-0.2, -0.15) is 9.57 Å². The van der Waals surface area contributed by atoms with E-state index in [1.807, 2.05) is 6.07 Å². The molecule has 5 nitrogen and oxygen atoms in total. The Morgan fingerprint density at radius 1 is 1.04 bits per heavy atom. The Kier molecular flexibility index (Phi) is 6.23. The Bertz CT molecular complexity index is 878. The fourth-order valence-electron chi connectivity index (χ4n) is 2.26. The molecule has 0 bridgehead atoms. The fourth-order valence-corrected chi connectivity index (χ4v) is 3.80. The number of ether oxygens (including phenoxy) is 1. The maximum absolute atomic E-state index is 12.9. The Hall–Kier alpha value is -2.57. The van der Waals surface area contributed by atoms with Gasteiger partial charge < -0.3 is 4.74 Å². The fraction of sp³-hybridized carbons (Fsp3) is 0.235. The van der Waals surface area contributed by atoms with Crippen LogP contribution in [0.5, 0.6) is 5.75 Å². The third kappa shape index (κ3) is 5.21. The van der Waals surface area contributed by atoms with Crippen molar-refractivity contribution in [1.82, 2.24) is 4.31 Å². The molecule has 0 amide bonds. The summed E-state index contributed by atoms with van der Waals surface area (Å²) in [7, 11) is -4.32. The summed E-state index contributed by atoms with van der Waals surface area (Å²) in [5.41, 5.74) is 0.642. The minimum Gasteiger partial charge on any atom is -0.404 e. The summed E-state index contributed by atoms with van der Waals surface area (Å²) in [6, 6.07) is 14.9. The SMILES string of the molecule is N#CCCN(Cc1ccccc1)S(=O)(=O)c1ccccc1OC(F)(F)F. The molecule has 0 atom stereocenters. The second kappa shape index (κ2) is 8.21. The number of halogens is 3. The summed E-state index contributed by atoms with van der Waals surface area (Å²) in [4.78, 5) is -0.605. The summed E-state index contributed by atoms with van der Waals surface area (Å²) in [5.74, 6) is -0.810. The van der Waals surface area contributed by atoms with E-state index in [1.165, 1.54) is 12.1 Å². The minimum atomic E-state index is -5.03. The van der Waals surface area contributed by atoms with E-state index in [9.17, 15) is 21.6 Å². The minimum absolute atomic E-state index is 0.0782. The highest BCUT2D eigenvalue weighted by Crippen LogP contribution is 2.31. The smallest absolute Gasteiger partial charge is 0.404 e. The van der Waals surface area contributed by atoms with Crippen LogP contribution in [0, 0.1) is 11.3 Å². The highest BCUT2D eigenvalue weighted by atomic mass is 32.2. The lowest BCUT2D eigenvalue weighted by molar-refractivity contribution is -0.275. The van der Waals surface area contributed by atoms with E-state index in [2.05, 4.69) is 4.74 Å². The largest absolute Gasteiger partial charge is 0.573 e. The number of benzene rings is 2. The van der Waals surface area contributed by atoms with Gasteiger partial charge in [0.25, 0.3) is 0 Å². The average Bonchev–Trinajstić information content (AvgIpc) is 2.58. The van der Waals surface area contributed by atoms with Crippen molar-refractivity contribution in [3.8, 4) is 11.8 Å². The summed E-state index contributed by atoms with van der Waals surface area (Å²) < 4.78 is 68.4. The molecule has 2 aromatic carbocycles. The predicted octanol–water partition coefficient (Wildman–Crippen LogP) is 3.69. The monoisotopic (exact) mass is 384 g/mol. The first-order valence-electron chi connectivity index (χ1n) is 7.50. The van der Waals surface area contributed by atoms with Crippen LogP contribution in [0.4, 0.5) is 13.2 Å². The van der Waals surface area contributed by atoms with Crippen LogP contribution in [0.15, 0.2) is 59.5 Å². The highest BCUT2D eigenvalue weighted by Gasteiger charge is 2.35. The standard InChI is InChI=1S/C17H15F3N2O3S/c18-17(19,20)25-15-9-4-5-10-16(15)26(23,24)22(12-6-11-21)13-14-7-2-1-3-8-14/h1-5,7-10H,6,12-13H2. The van der Waals surface area contributed by atoms with Gasteiger partial charge in [-0.05, 0) is 17.7 Å². The zero-order valence-corrected chi connectivity index (χ0v) is 14.3. The van der Waals surface area contributed by atoms with E-state index in [-0.39, 0.29) is 19.5 Å². The molecule has 0 aliphatic heterocycles. The lowest BCUT2D eigenvalue weighted by Crippen LogP contribution is -2.32. The molecule has 26 heavy (non-hydrogen) atoms. The summed E-state index contributed by atoms with van der Waals surface area (Å²) in [6.45, 7) is -0.237. The molecule has 0 unspecified atom stereocenters. The van der Waals surface area contributed by atoms with Crippen LogP contribution in [0.2, 0.25) is 0 Å². The van der Waals surface area contributed by atoms with Crippen LogP contribution >= 0.6 is 0 Å². The Labute approximate surface area is 149 Å².